The Bertz CT molecular complexity index is 690. The molecule has 2 aliphatic heterocycles. The average Bonchev–Trinajstić information content (AvgIpc) is 2.69. The normalized spacial score (nSPS) is 22.3. The summed E-state index contributed by atoms with van der Waals surface area (Å²) in [6.45, 7) is 5.01. The van der Waals surface area contributed by atoms with E-state index in [2.05, 4.69) is 9.62 Å². The summed E-state index contributed by atoms with van der Waals surface area (Å²) in [5.41, 5.74) is 0.603. The van der Waals surface area contributed by atoms with Crippen molar-refractivity contribution >= 4 is 15.9 Å². The topological polar surface area (TPSA) is 79.0 Å². The van der Waals surface area contributed by atoms with Crippen LogP contribution in [-0.2, 0) is 14.8 Å². The second kappa shape index (κ2) is 8.94. The second-order valence-electron chi connectivity index (χ2n) is 6.77. The van der Waals surface area contributed by atoms with Crippen molar-refractivity contribution in [3.8, 4) is 0 Å². The molecular weight excluding hydrogens is 354 g/mol. The van der Waals surface area contributed by atoms with Crippen molar-refractivity contribution in [2.45, 2.75) is 18.1 Å². The van der Waals surface area contributed by atoms with Crippen molar-refractivity contribution in [1.82, 2.24) is 14.5 Å². The number of benzene rings is 1. The van der Waals surface area contributed by atoms with Gasteiger partial charge in [0.15, 0.2) is 0 Å². The zero-order chi connectivity index (χ0) is 18.4. The Labute approximate surface area is 155 Å². The van der Waals surface area contributed by atoms with E-state index < -0.39 is 15.3 Å². The monoisotopic (exact) mass is 381 g/mol. The van der Waals surface area contributed by atoms with Crippen LogP contribution in [0.1, 0.15) is 23.2 Å². The smallest absolute Gasteiger partial charge is 0.253 e. The SMILES string of the molecule is O=C(c1ccccc1)N1CCCC(S(=O)(=O)NCCN2CCOCC2)C1. The summed E-state index contributed by atoms with van der Waals surface area (Å²) in [7, 11) is -3.43. The maximum atomic E-state index is 12.6. The number of amides is 1. The lowest BCUT2D eigenvalue weighted by Crippen LogP contribution is -2.49. The summed E-state index contributed by atoms with van der Waals surface area (Å²) in [5.74, 6) is -0.0983. The van der Waals surface area contributed by atoms with Gasteiger partial charge < -0.3 is 9.64 Å². The highest BCUT2D eigenvalue weighted by molar-refractivity contribution is 7.90. The number of hydrogen-bond donors (Lipinski definition) is 1. The minimum absolute atomic E-state index is 0.0983. The molecule has 0 saturated carbocycles. The summed E-state index contributed by atoms with van der Waals surface area (Å²) >= 11 is 0. The summed E-state index contributed by atoms with van der Waals surface area (Å²) in [4.78, 5) is 16.4. The third-order valence-corrected chi connectivity index (χ3v) is 6.83. The van der Waals surface area contributed by atoms with E-state index in [-0.39, 0.29) is 12.5 Å². The van der Waals surface area contributed by atoms with E-state index >= 15 is 0 Å². The van der Waals surface area contributed by atoms with Gasteiger partial charge in [-0.2, -0.15) is 0 Å². The number of ether oxygens (including phenoxy) is 1. The standard InChI is InChI=1S/C18H27N3O4S/c22-18(16-5-2-1-3-6-16)21-9-4-7-17(15-21)26(23,24)19-8-10-20-11-13-25-14-12-20/h1-3,5-6,17,19H,4,7-15H2. The van der Waals surface area contributed by atoms with Crippen molar-refractivity contribution in [3.63, 3.8) is 0 Å². The zero-order valence-electron chi connectivity index (χ0n) is 15.0. The maximum absolute atomic E-state index is 12.6. The molecule has 8 heteroatoms. The van der Waals surface area contributed by atoms with Crippen LogP contribution < -0.4 is 4.72 Å². The number of carbonyl (C=O) groups is 1. The lowest BCUT2D eigenvalue weighted by molar-refractivity contribution is 0.0390. The highest BCUT2D eigenvalue weighted by Gasteiger charge is 2.32. The highest BCUT2D eigenvalue weighted by Crippen LogP contribution is 2.18. The number of nitrogens with zero attached hydrogens (tertiary/aromatic N) is 2. The zero-order valence-corrected chi connectivity index (χ0v) is 15.8. The summed E-state index contributed by atoms with van der Waals surface area (Å²) in [6.07, 6.45) is 1.29. The fourth-order valence-electron chi connectivity index (χ4n) is 3.43. The maximum Gasteiger partial charge on any atom is 0.253 e. The molecule has 0 radical (unpaired) electrons. The number of hydrogen-bond acceptors (Lipinski definition) is 5. The van der Waals surface area contributed by atoms with Gasteiger partial charge in [0.05, 0.1) is 18.5 Å². The molecule has 144 valence electrons. The van der Waals surface area contributed by atoms with Crippen LogP contribution in [0.3, 0.4) is 0 Å². The molecule has 2 fully saturated rings. The molecule has 1 aromatic carbocycles. The molecule has 1 amide bonds. The summed E-state index contributed by atoms with van der Waals surface area (Å²) in [5, 5.41) is -0.548. The molecule has 0 aromatic heterocycles. The van der Waals surface area contributed by atoms with Crippen LogP contribution in [0.15, 0.2) is 30.3 Å². The Morgan fingerprint density at radius 1 is 1.15 bits per heavy atom. The van der Waals surface area contributed by atoms with Gasteiger partial charge >= 0.3 is 0 Å². The predicted octanol–water partition coefficient (Wildman–Crippen LogP) is 0.543. The molecule has 2 saturated heterocycles. The number of likely N-dealkylation sites (tertiary alicyclic amines) is 1. The van der Waals surface area contributed by atoms with Crippen molar-refractivity contribution in [3.05, 3.63) is 35.9 Å². The fourth-order valence-corrected chi connectivity index (χ4v) is 4.89. The first kappa shape index (κ1) is 19.3. The summed E-state index contributed by atoms with van der Waals surface area (Å²) in [6, 6.07) is 9.03. The molecule has 0 spiro atoms. The number of piperidine rings is 1. The van der Waals surface area contributed by atoms with Gasteiger partial charge in [0, 0.05) is 44.8 Å². The molecule has 26 heavy (non-hydrogen) atoms. The van der Waals surface area contributed by atoms with Crippen molar-refractivity contribution in [2.24, 2.45) is 0 Å². The number of nitrogens with one attached hydrogen (secondary N) is 1. The molecule has 1 N–H and O–H groups in total. The number of sulfonamides is 1. The minimum Gasteiger partial charge on any atom is -0.379 e. The third kappa shape index (κ3) is 5.03. The van der Waals surface area contributed by atoms with Gasteiger partial charge in [-0.25, -0.2) is 13.1 Å². The number of carbonyl (C=O) groups excluding carboxylic acids is 1. The van der Waals surface area contributed by atoms with Crippen molar-refractivity contribution in [2.75, 3.05) is 52.5 Å². The van der Waals surface area contributed by atoms with E-state index in [1.807, 2.05) is 18.2 Å². The van der Waals surface area contributed by atoms with Crippen LogP contribution in [0, 0.1) is 0 Å². The molecule has 3 rings (SSSR count). The Morgan fingerprint density at radius 2 is 1.88 bits per heavy atom. The van der Waals surface area contributed by atoms with E-state index in [4.69, 9.17) is 4.74 Å². The third-order valence-electron chi connectivity index (χ3n) is 4.96. The molecule has 1 aromatic rings. The number of rotatable bonds is 6. The van der Waals surface area contributed by atoms with E-state index in [1.54, 1.807) is 17.0 Å². The Hall–Kier alpha value is -1.48. The minimum atomic E-state index is -3.43. The Balaban J connectivity index is 1.53. The summed E-state index contributed by atoms with van der Waals surface area (Å²) < 4.78 is 33.3. The molecule has 1 atom stereocenters. The van der Waals surface area contributed by atoms with Gasteiger partial charge in [0.1, 0.15) is 0 Å². The first-order chi connectivity index (χ1) is 12.6. The molecule has 7 nitrogen and oxygen atoms in total. The van der Waals surface area contributed by atoms with E-state index in [0.29, 0.717) is 51.3 Å². The van der Waals surface area contributed by atoms with Crippen LogP contribution in [0.2, 0.25) is 0 Å². The highest BCUT2D eigenvalue weighted by atomic mass is 32.2. The van der Waals surface area contributed by atoms with Gasteiger partial charge in [-0.05, 0) is 25.0 Å². The van der Waals surface area contributed by atoms with Crippen LogP contribution in [0.5, 0.6) is 0 Å². The number of morpholine rings is 1. The van der Waals surface area contributed by atoms with Crippen LogP contribution in [-0.4, -0.2) is 81.9 Å². The van der Waals surface area contributed by atoms with Gasteiger partial charge in [0.25, 0.3) is 5.91 Å². The first-order valence-electron chi connectivity index (χ1n) is 9.19. The molecule has 0 bridgehead atoms. The van der Waals surface area contributed by atoms with Gasteiger partial charge in [0.2, 0.25) is 10.0 Å². The van der Waals surface area contributed by atoms with Crippen LogP contribution in [0.25, 0.3) is 0 Å². The fraction of sp³-hybridized carbons (Fsp3) is 0.611. The molecule has 0 aliphatic carbocycles. The second-order valence-corrected chi connectivity index (χ2v) is 8.82. The first-order valence-corrected chi connectivity index (χ1v) is 10.7. The lowest BCUT2D eigenvalue weighted by Gasteiger charge is -2.33. The van der Waals surface area contributed by atoms with Crippen molar-refractivity contribution in [1.29, 1.82) is 0 Å². The molecular formula is C18H27N3O4S. The molecule has 2 heterocycles. The van der Waals surface area contributed by atoms with E-state index in [1.165, 1.54) is 0 Å². The van der Waals surface area contributed by atoms with Gasteiger partial charge in [-0.1, -0.05) is 18.2 Å². The van der Waals surface area contributed by atoms with Gasteiger partial charge in [-0.15, -0.1) is 0 Å². The lowest BCUT2D eigenvalue weighted by atomic mass is 10.1. The van der Waals surface area contributed by atoms with E-state index in [9.17, 15) is 13.2 Å². The largest absolute Gasteiger partial charge is 0.379 e. The van der Waals surface area contributed by atoms with Crippen LogP contribution in [0.4, 0.5) is 0 Å². The Morgan fingerprint density at radius 3 is 2.62 bits per heavy atom. The average molecular weight is 381 g/mol. The predicted molar refractivity (Wildman–Crippen MR) is 99.5 cm³/mol. The molecule has 2 aliphatic rings. The van der Waals surface area contributed by atoms with Crippen LogP contribution >= 0.6 is 0 Å². The Kier molecular flexibility index (Phi) is 6.63. The quantitative estimate of drug-likeness (QED) is 0.778. The van der Waals surface area contributed by atoms with E-state index in [0.717, 1.165) is 13.1 Å². The molecule has 1 unspecified atom stereocenters. The van der Waals surface area contributed by atoms with Gasteiger partial charge in [-0.3, -0.25) is 9.69 Å². The van der Waals surface area contributed by atoms with Crippen molar-refractivity contribution < 1.29 is 17.9 Å².